The first-order valence-corrected chi connectivity index (χ1v) is 9.01. The van der Waals surface area contributed by atoms with Gasteiger partial charge in [-0.1, -0.05) is 18.2 Å². The molecule has 25 heavy (non-hydrogen) atoms. The van der Waals surface area contributed by atoms with Gasteiger partial charge in [0.15, 0.2) is 0 Å². The Kier molecular flexibility index (Phi) is 5.53. The Balaban J connectivity index is 1.65. The molecule has 1 aliphatic rings. The van der Waals surface area contributed by atoms with E-state index >= 15 is 0 Å². The number of benzene rings is 1. The third-order valence-electron chi connectivity index (χ3n) is 5.15. The Morgan fingerprint density at radius 2 is 1.88 bits per heavy atom. The fourth-order valence-electron chi connectivity index (χ4n) is 3.63. The SMILES string of the molecule is COC1CCC(NC(=O)Cc2c(C)nn(-c3ccccc3)c2C)CC1. The molecule has 1 aliphatic carbocycles. The normalized spacial score (nSPS) is 20.4. The minimum Gasteiger partial charge on any atom is -0.381 e. The molecule has 1 saturated carbocycles. The summed E-state index contributed by atoms with van der Waals surface area (Å²) in [6.07, 6.45) is 4.75. The molecule has 1 amide bonds. The maximum Gasteiger partial charge on any atom is 0.224 e. The second kappa shape index (κ2) is 7.83. The molecule has 134 valence electrons. The first-order chi connectivity index (χ1) is 12.1. The number of hydrogen-bond acceptors (Lipinski definition) is 3. The van der Waals surface area contributed by atoms with Gasteiger partial charge in [-0.25, -0.2) is 4.68 Å². The first-order valence-electron chi connectivity index (χ1n) is 9.01. The van der Waals surface area contributed by atoms with E-state index in [0.29, 0.717) is 12.5 Å². The first kappa shape index (κ1) is 17.7. The highest BCUT2D eigenvalue weighted by Crippen LogP contribution is 2.22. The topological polar surface area (TPSA) is 56.1 Å². The minimum absolute atomic E-state index is 0.0830. The van der Waals surface area contributed by atoms with Gasteiger partial charge in [0, 0.05) is 24.4 Å². The molecule has 1 aromatic carbocycles. The Morgan fingerprint density at radius 1 is 1.20 bits per heavy atom. The summed E-state index contributed by atoms with van der Waals surface area (Å²) in [5, 5.41) is 7.81. The molecule has 1 fully saturated rings. The van der Waals surface area contributed by atoms with Gasteiger partial charge in [0.25, 0.3) is 0 Å². The second-order valence-electron chi connectivity index (χ2n) is 6.85. The van der Waals surface area contributed by atoms with Crippen molar-refractivity contribution in [3.8, 4) is 5.69 Å². The quantitative estimate of drug-likeness (QED) is 0.909. The van der Waals surface area contributed by atoms with Gasteiger partial charge < -0.3 is 10.1 Å². The van der Waals surface area contributed by atoms with Crippen LogP contribution in [-0.2, 0) is 16.0 Å². The third-order valence-corrected chi connectivity index (χ3v) is 5.15. The monoisotopic (exact) mass is 341 g/mol. The van der Waals surface area contributed by atoms with E-state index in [-0.39, 0.29) is 11.9 Å². The summed E-state index contributed by atoms with van der Waals surface area (Å²) in [6, 6.07) is 10.3. The van der Waals surface area contributed by atoms with Gasteiger partial charge in [-0.3, -0.25) is 4.79 Å². The Bertz CT molecular complexity index is 716. The summed E-state index contributed by atoms with van der Waals surface area (Å²) in [5.41, 5.74) is 3.99. The molecule has 0 spiro atoms. The van der Waals surface area contributed by atoms with Crippen LogP contribution in [-0.4, -0.2) is 34.9 Å². The lowest BCUT2D eigenvalue weighted by Gasteiger charge is -2.28. The van der Waals surface area contributed by atoms with E-state index in [0.717, 1.165) is 48.3 Å². The van der Waals surface area contributed by atoms with E-state index < -0.39 is 0 Å². The lowest BCUT2D eigenvalue weighted by atomic mass is 9.93. The summed E-state index contributed by atoms with van der Waals surface area (Å²) < 4.78 is 7.31. The van der Waals surface area contributed by atoms with Gasteiger partial charge in [-0.15, -0.1) is 0 Å². The van der Waals surface area contributed by atoms with Crippen LogP contribution < -0.4 is 5.32 Å². The number of nitrogens with one attached hydrogen (secondary N) is 1. The molecule has 5 heteroatoms. The van der Waals surface area contributed by atoms with Crippen LogP contribution in [0.2, 0.25) is 0 Å². The van der Waals surface area contributed by atoms with Gasteiger partial charge >= 0.3 is 0 Å². The number of ether oxygens (including phenoxy) is 1. The number of hydrogen-bond donors (Lipinski definition) is 1. The maximum atomic E-state index is 12.5. The van der Waals surface area contributed by atoms with Gasteiger partial charge in [0.1, 0.15) is 0 Å². The number of para-hydroxylation sites is 1. The number of rotatable bonds is 5. The van der Waals surface area contributed by atoms with Crippen LogP contribution in [0.1, 0.15) is 42.6 Å². The van der Waals surface area contributed by atoms with Crippen molar-refractivity contribution in [1.29, 1.82) is 0 Å². The summed E-state index contributed by atoms with van der Waals surface area (Å²) in [4.78, 5) is 12.5. The standard InChI is InChI=1S/C20H27N3O2/c1-14-19(15(2)23(22-14)17-7-5-4-6-8-17)13-20(24)21-16-9-11-18(25-3)12-10-16/h4-8,16,18H,9-13H2,1-3H3,(H,21,24). The van der Waals surface area contributed by atoms with Crippen LogP contribution in [0.15, 0.2) is 30.3 Å². The van der Waals surface area contributed by atoms with Crippen LogP contribution in [0, 0.1) is 13.8 Å². The van der Waals surface area contributed by atoms with Gasteiger partial charge in [-0.2, -0.15) is 5.10 Å². The fourth-order valence-corrected chi connectivity index (χ4v) is 3.63. The zero-order valence-corrected chi connectivity index (χ0v) is 15.3. The summed E-state index contributed by atoms with van der Waals surface area (Å²) in [5.74, 6) is 0.0830. The van der Waals surface area contributed by atoms with Crippen molar-refractivity contribution in [2.75, 3.05) is 7.11 Å². The number of aryl methyl sites for hydroxylation is 1. The Hall–Kier alpha value is -2.14. The van der Waals surface area contributed by atoms with E-state index in [4.69, 9.17) is 4.74 Å². The van der Waals surface area contributed by atoms with Gasteiger partial charge in [-0.05, 0) is 51.7 Å². The lowest BCUT2D eigenvalue weighted by molar-refractivity contribution is -0.121. The van der Waals surface area contributed by atoms with Crippen LogP contribution in [0.5, 0.6) is 0 Å². The Morgan fingerprint density at radius 3 is 2.52 bits per heavy atom. The smallest absolute Gasteiger partial charge is 0.224 e. The molecule has 5 nitrogen and oxygen atoms in total. The predicted octanol–water partition coefficient (Wildman–Crippen LogP) is 3.11. The number of nitrogens with zero attached hydrogens (tertiary/aromatic N) is 2. The maximum absolute atomic E-state index is 12.5. The lowest BCUT2D eigenvalue weighted by Crippen LogP contribution is -2.39. The molecule has 0 saturated heterocycles. The largest absolute Gasteiger partial charge is 0.381 e. The van der Waals surface area contributed by atoms with E-state index in [2.05, 4.69) is 10.4 Å². The molecule has 2 aromatic rings. The summed E-state index contributed by atoms with van der Waals surface area (Å²) >= 11 is 0. The van der Waals surface area contributed by atoms with Gasteiger partial charge in [0.05, 0.1) is 23.9 Å². The molecule has 0 radical (unpaired) electrons. The number of carbonyl (C=O) groups excluding carboxylic acids is 1. The van der Waals surface area contributed by atoms with Crippen LogP contribution >= 0.6 is 0 Å². The van der Waals surface area contributed by atoms with Crippen LogP contribution in [0.25, 0.3) is 5.69 Å². The Labute approximate surface area is 149 Å². The van der Waals surface area contributed by atoms with E-state index in [1.807, 2.05) is 48.9 Å². The zero-order chi connectivity index (χ0) is 17.8. The number of methoxy groups -OCH3 is 1. The molecular formula is C20H27N3O2. The fraction of sp³-hybridized carbons (Fsp3) is 0.500. The average Bonchev–Trinajstić information content (AvgIpc) is 2.91. The van der Waals surface area contributed by atoms with Crippen molar-refractivity contribution < 1.29 is 9.53 Å². The summed E-state index contributed by atoms with van der Waals surface area (Å²) in [6.45, 7) is 4.00. The molecule has 1 heterocycles. The number of aromatic nitrogens is 2. The van der Waals surface area contributed by atoms with Gasteiger partial charge in [0.2, 0.25) is 5.91 Å². The van der Waals surface area contributed by atoms with Crippen molar-refractivity contribution in [2.24, 2.45) is 0 Å². The zero-order valence-electron chi connectivity index (χ0n) is 15.3. The highest BCUT2D eigenvalue weighted by atomic mass is 16.5. The van der Waals surface area contributed by atoms with E-state index in [1.54, 1.807) is 7.11 Å². The molecule has 0 bridgehead atoms. The molecule has 0 aliphatic heterocycles. The van der Waals surface area contributed by atoms with E-state index in [9.17, 15) is 4.79 Å². The van der Waals surface area contributed by atoms with Crippen molar-refractivity contribution >= 4 is 5.91 Å². The van der Waals surface area contributed by atoms with Crippen molar-refractivity contribution in [3.63, 3.8) is 0 Å². The molecule has 1 N–H and O–H groups in total. The van der Waals surface area contributed by atoms with Crippen molar-refractivity contribution in [2.45, 2.75) is 58.1 Å². The molecular weight excluding hydrogens is 314 g/mol. The third kappa shape index (κ3) is 4.10. The van der Waals surface area contributed by atoms with Crippen LogP contribution in [0.4, 0.5) is 0 Å². The predicted molar refractivity (Wildman–Crippen MR) is 97.9 cm³/mol. The summed E-state index contributed by atoms with van der Waals surface area (Å²) in [7, 11) is 1.76. The van der Waals surface area contributed by atoms with Crippen molar-refractivity contribution in [3.05, 3.63) is 47.3 Å². The van der Waals surface area contributed by atoms with Crippen molar-refractivity contribution in [1.82, 2.24) is 15.1 Å². The second-order valence-corrected chi connectivity index (χ2v) is 6.85. The molecule has 0 atom stereocenters. The number of carbonyl (C=O) groups is 1. The highest BCUT2D eigenvalue weighted by Gasteiger charge is 2.23. The minimum atomic E-state index is 0.0830. The van der Waals surface area contributed by atoms with Crippen LogP contribution in [0.3, 0.4) is 0 Å². The average molecular weight is 341 g/mol. The molecule has 3 rings (SSSR count). The highest BCUT2D eigenvalue weighted by molar-refractivity contribution is 5.79. The van der Waals surface area contributed by atoms with E-state index in [1.165, 1.54) is 0 Å². The molecule has 1 aromatic heterocycles. The number of amides is 1. The molecule has 0 unspecified atom stereocenters.